The fourth-order valence-electron chi connectivity index (χ4n) is 4.27. The van der Waals surface area contributed by atoms with Crippen molar-refractivity contribution in [3.8, 4) is 11.3 Å². The number of amides is 1. The summed E-state index contributed by atoms with van der Waals surface area (Å²) in [6, 6.07) is 8.74. The van der Waals surface area contributed by atoms with Gasteiger partial charge in [-0.1, -0.05) is 11.6 Å². The summed E-state index contributed by atoms with van der Waals surface area (Å²) >= 11 is 6.04. The minimum atomic E-state index is -3.69. The zero-order valence-corrected chi connectivity index (χ0v) is 22.6. The second-order valence-electron chi connectivity index (χ2n) is 9.02. The Morgan fingerprint density at radius 2 is 1.92 bits per heavy atom. The SMILES string of the molecule is CCOC(=O)CCCCN(c1nc2oc(-c3ccc(Cl)cc3)c(C(=O)NC)c2cc1C1CC1)S(C)(=O)=O. The van der Waals surface area contributed by atoms with Crippen molar-refractivity contribution in [2.45, 2.75) is 44.9 Å². The molecule has 0 atom stereocenters. The summed E-state index contributed by atoms with van der Waals surface area (Å²) in [4.78, 5) is 29.3. The van der Waals surface area contributed by atoms with Gasteiger partial charge in [0, 0.05) is 30.6 Å². The van der Waals surface area contributed by atoms with Gasteiger partial charge in [0.15, 0.2) is 0 Å². The summed E-state index contributed by atoms with van der Waals surface area (Å²) in [5.74, 6) is 0.131. The van der Waals surface area contributed by atoms with Crippen LogP contribution in [0.4, 0.5) is 5.82 Å². The zero-order valence-electron chi connectivity index (χ0n) is 21.0. The van der Waals surface area contributed by atoms with Crippen LogP contribution in [0.1, 0.15) is 60.9 Å². The number of nitrogens with one attached hydrogen (secondary N) is 1. The lowest BCUT2D eigenvalue weighted by atomic mass is 10.0. The van der Waals surface area contributed by atoms with Gasteiger partial charge in [-0.05, 0) is 74.4 Å². The number of aromatic nitrogens is 1. The highest BCUT2D eigenvalue weighted by Crippen LogP contribution is 2.46. The van der Waals surface area contributed by atoms with Crippen molar-refractivity contribution in [2.75, 3.05) is 30.8 Å². The highest BCUT2D eigenvalue weighted by atomic mass is 35.5. The van der Waals surface area contributed by atoms with Crippen molar-refractivity contribution < 1.29 is 27.2 Å². The van der Waals surface area contributed by atoms with Crippen LogP contribution in [0.3, 0.4) is 0 Å². The molecule has 0 spiro atoms. The number of fused-ring (bicyclic) bond motifs is 1. The number of halogens is 1. The van der Waals surface area contributed by atoms with Crippen LogP contribution in [0.5, 0.6) is 0 Å². The number of esters is 1. The van der Waals surface area contributed by atoms with E-state index in [-0.39, 0.29) is 36.5 Å². The van der Waals surface area contributed by atoms with E-state index in [4.69, 9.17) is 20.8 Å². The molecule has 0 radical (unpaired) electrons. The molecule has 1 aliphatic rings. The normalized spacial score (nSPS) is 13.5. The maximum absolute atomic E-state index is 12.9. The molecule has 4 rings (SSSR count). The number of rotatable bonds is 11. The van der Waals surface area contributed by atoms with Gasteiger partial charge in [0.25, 0.3) is 5.91 Å². The molecule has 1 N–H and O–H groups in total. The van der Waals surface area contributed by atoms with E-state index in [0.717, 1.165) is 24.7 Å². The molecule has 1 aromatic carbocycles. The lowest BCUT2D eigenvalue weighted by molar-refractivity contribution is -0.143. The molecular formula is C26H30ClN3O6S. The number of anilines is 1. The molecule has 1 aliphatic carbocycles. The summed E-state index contributed by atoms with van der Waals surface area (Å²) < 4.78 is 38.0. The molecule has 1 amide bonds. The number of furan rings is 1. The van der Waals surface area contributed by atoms with Crippen LogP contribution in [0.2, 0.25) is 5.02 Å². The molecule has 2 aromatic heterocycles. The zero-order chi connectivity index (χ0) is 26.7. The number of hydrogen-bond donors (Lipinski definition) is 1. The third-order valence-electron chi connectivity index (χ3n) is 6.20. The molecule has 0 unspecified atom stereocenters. The minimum Gasteiger partial charge on any atom is -0.466 e. The van der Waals surface area contributed by atoms with Crippen LogP contribution in [0, 0.1) is 0 Å². The molecule has 0 bridgehead atoms. The van der Waals surface area contributed by atoms with E-state index in [9.17, 15) is 18.0 Å². The smallest absolute Gasteiger partial charge is 0.305 e. The van der Waals surface area contributed by atoms with Gasteiger partial charge in [-0.3, -0.25) is 13.9 Å². The number of sulfonamides is 1. The number of unbranched alkanes of at least 4 members (excludes halogenated alkanes) is 1. The third kappa shape index (κ3) is 6.07. The van der Waals surface area contributed by atoms with Crippen molar-refractivity contribution >= 4 is 50.4 Å². The third-order valence-corrected chi connectivity index (χ3v) is 7.61. The summed E-state index contributed by atoms with van der Waals surface area (Å²) in [6.07, 6.45) is 4.08. The van der Waals surface area contributed by atoms with Crippen LogP contribution in [-0.4, -0.2) is 51.7 Å². The highest BCUT2D eigenvalue weighted by Gasteiger charge is 2.34. The Morgan fingerprint density at radius 1 is 1.22 bits per heavy atom. The first-order valence-corrected chi connectivity index (χ1v) is 14.5. The first-order chi connectivity index (χ1) is 17.6. The number of ether oxygens (including phenoxy) is 1. The number of benzene rings is 1. The van der Waals surface area contributed by atoms with E-state index in [1.54, 1.807) is 31.2 Å². The van der Waals surface area contributed by atoms with Crippen molar-refractivity contribution in [1.29, 1.82) is 0 Å². The van der Waals surface area contributed by atoms with Crippen molar-refractivity contribution in [1.82, 2.24) is 10.3 Å². The molecule has 1 saturated carbocycles. The van der Waals surface area contributed by atoms with Crippen LogP contribution >= 0.6 is 11.6 Å². The van der Waals surface area contributed by atoms with Crippen LogP contribution in [-0.2, 0) is 19.6 Å². The summed E-state index contributed by atoms with van der Waals surface area (Å²) in [5.41, 5.74) is 1.91. The number of carbonyl (C=O) groups is 2. The second-order valence-corrected chi connectivity index (χ2v) is 11.4. The predicted molar refractivity (Wildman–Crippen MR) is 142 cm³/mol. The number of pyridine rings is 1. The average molecular weight is 548 g/mol. The molecule has 0 saturated heterocycles. The molecule has 1 fully saturated rings. The Labute approximate surface area is 221 Å². The highest BCUT2D eigenvalue weighted by molar-refractivity contribution is 7.92. The molecular weight excluding hydrogens is 518 g/mol. The number of hydrogen-bond acceptors (Lipinski definition) is 7. The minimum absolute atomic E-state index is 0.141. The standard InChI is InChI=1S/C26H30ClN3O6S/c1-4-35-21(31)7-5-6-14-30(37(3,33)34)24-19(16-8-9-16)15-20-22(25(32)28-2)23(36-26(20)29-24)17-10-12-18(27)13-11-17/h10-13,15-16H,4-9,14H2,1-3H3,(H,28,32). The maximum Gasteiger partial charge on any atom is 0.305 e. The molecule has 0 aliphatic heterocycles. The lowest BCUT2D eigenvalue weighted by Crippen LogP contribution is -2.32. The molecule has 37 heavy (non-hydrogen) atoms. The van der Waals surface area contributed by atoms with Gasteiger partial charge in [-0.15, -0.1) is 0 Å². The van der Waals surface area contributed by atoms with Crippen LogP contribution in [0.15, 0.2) is 34.7 Å². The van der Waals surface area contributed by atoms with Gasteiger partial charge in [0.05, 0.1) is 23.8 Å². The number of nitrogens with zero attached hydrogens (tertiary/aromatic N) is 2. The Kier molecular flexibility index (Phi) is 8.08. The maximum atomic E-state index is 12.9. The summed E-state index contributed by atoms with van der Waals surface area (Å²) in [6.45, 7) is 2.21. The molecule has 2 heterocycles. The van der Waals surface area contributed by atoms with Crippen molar-refractivity contribution in [3.05, 3.63) is 46.5 Å². The monoisotopic (exact) mass is 547 g/mol. The van der Waals surface area contributed by atoms with Crippen LogP contribution in [0.25, 0.3) is 22.4 Å². The van der Waals surface area contributed by atoms with Crippen LogP contribution < -0.4 is 9.62 Å². The van der Waals surface area contributed by atoms with Crippen molar-refractivity contribution in [3.63, 3.8) is 0 Å². The van der Waals surface area contributed by atoms with Crippen molar-refractivity contribution in [2.24, 2.45) is 0 Å². The van der Waals surface area contributed by atoms with E-state index < -0.39 is 10.0 Å². The lowest BCUT2D eigenvalue weighted by Gasteiger charge is -2.23. The summed E-state index contributed by atoms with van der Waals surface area (Å²) in [5, 5.41) is 3.73. The van der Waals surface area contributed by atoms with Gasteiger partial charge < -0.3 is 14.5 Å². The van der Waals surface area contributed by atoms with E-state index in [1.165, 1.54) is 11.4 Å². The Balaban J connectivity index is 1.78. The van der Waals surface area contributed by atoms with Gasteiger partial charge in [-0.25, -0.2) is 8.42 Å². The first kappa shape index (κ1) is 26.9. The quantitative estimate of drug-likeness (QED) is 0.268. The molecule has 11 heteroatoms. The van der Waals surface area contributed by atoms with E-state index in [1.807, 2.05) is 6.07 Å². The second kappa shape index (κ2) is 11.1. The molecule has 3 aromatic rings. The Hall–Kier alpha value is -3.11. The van der Waals surface area contributed by atoms with Gasteiger partial charge in [0.1, 0.15) is 11.6 Å². The predicted octanol–water partition coefficient (Wildman–Crippen LogP) is 4.88. The first-order valence-electron chi connectivity index (χ1n) is 12.2. The fourth-order valence-corrected chi connectivity index (χ4v) is 5.31. The Bertz CT molecular complexity index is 1410. The van der Waals surface area contributed by atoms with E-state index in [2.05, 4.69) is 10.3 Å². The Morgan fingerprint density at radius 3 is 2.51 bits per heavy atom. The van der Waals surface area contributed by atoms with Gasteiger partial charge in [-0.2, -0.15) is 4.98 Å². The topological polar surface area (TPSA) is 119 Å². The van der Waals surface area contributed by atoms with Gasteiger partial charge in [0.2, 0.25) is 15.7 Å². The number of carbonyl (C=O) groups excluding carboxylic acids is 2. The van der Waals surface area contributed by atoms with E-state index >= 15 is 0 Å². The molecule has 198 valence electrons. The molecule has 9 nitrogen and oxygen atoms in total. The average Bonchev–Trinajstić information content (AvgIpc) is 3.63. The van der Waals surface area contributed by atoms with Gasteiger partial charge >= 0.3 is 5.97 Å². The fraction of sp³-hybridized carbons (Fsp3) is 0.423. The van der Waals surface area contributed by atoms with E-state index in [0.29, 0.717) is 52.6 Å². The summed E-state index contributed by atoms with van der Waals surface area (Å²) in [7, 11) is -2.15. The largest absolute Gasteiger partial charge is 0.466 e.